The van der Waals surface area contributed by atoms with Gasteiger partial charge in [0.25, 0.3) is 0 Å². The normalized spacial score (nSPS) is 14.6. The third-order valence-corrected chi connectivity index (χ3v) is 5.45. The fraction of sp³-hybridized carbons (Fsp3) is 0.591. The van der Waals surface area contributed by atoms with Crippen LogP contribution < -0.4 is 21.7 Å². The molecule has 0 aliphatic carbocycles. The van der Waals surface area contributed by atoms with Crippen molar-refractivity contribution in [2.24, 2.45) is 5.73 Å². The molecule has 0 unspecified atom stereocenters. The number of hydrogen-bond donors (Lipinski definition) is 4. The number of hydrogen-bond acceptors (Lipinski definition) is 11. The molecule has 2 aromatic rings. The van der Waals surface area contributed by atoms with E-state index >= 15 is 0 Å². The summed E-state index contributed by atoms with van der Waals surface area (Å²) in [6.45, 7) is 5.01. The third-order valence-electron chi connectivity index (χ3n) is 5.45. The first-order chi connectivity index (χ1) is 16.2. The van der Waals surface area contributed by atoms with E-state index in [4.69, 9.17) is 10.5 Å². The molecule has 33 heavy (non-hydrogen) atoms. The lowest BCUT2D eigenvalue weighted by Gasteiger charge is -2.18. The second-order valence-electron chi connectivity index (χ2n) is 8.00. The van der Waals surface area contributed by atoms with Gasteiger partial charge in [0.15, 0.2) is 0 Å². The number of aromatic nitrogens is 4. The largest absolute Gasteiger partial charge is 0.467 e. The topological polar surface area (TPSA) is 143 Å². The Kier molecular flexibility index (Phi) is 10.0. The molecular formula is C22H35N9O2. The number of carbonyl (C=O) groups excluding carboxylic acids is 1. The first kappa shape index (κ1) is 24.6. The molecule has 0 saturated carbocycles. The summed E-state index contributed by atoms with van der Waals surface area (Å²) in [7, 11) is 1.37. The molecule has 180 valence electrons. The molecule has 1 aliphatic rings. The number of ether oxygens (including phenoxy) is 1. The Balaban J connectivity index is 1.70. The van der Waals surface area contributed by atoms with Crippen LogP contribution >= 0.6 is 0 Å². The Hall–Kier alpha value is -3.05. The summed E-state index contributed by atoms with van der Waals surface area (Å²) in [6.07, 6.45) is 8.21. The molecule has 5 N–H and O–H groups in total. The average Bonchev–Trinajstić information content (AvgIpc) is 3.36. The van der Waals surface area contributed by atoms with Gasteiger partial charge in [-0.1, -0.05) is 6.07 Å². The van der Waals surface area contributed by atoms with Crippen LogP contribution in [0.5, 0.6) is 0 Å². The van der Waals surface area contributed by atoms with E-state index in [2.05, 4.69) is 40.8 Å². The summed E-state index contributed by atoms with van der Waals surface area (Å²) >= 11 is 0. The van der Waals surface area contributed by atoms with E-state index in [9.17, 15) is 4.79 Å². The Morgan fingerprint density at radius 1 is 1.15 bits per heavy atom. The van der Waals surface area contributed by atoms with E-state index in [0.29, 0.717) is 37.4 Å². The highest BCUT2D eigenvalue weighted by Gasteiger charge is 2.21. The second kappa shape index (κ2) is 13.5. The first-order valence-corrected chi connectivity index (χ1v) is 11.6. The number of nitrogens with one attached hydrogen (secondary N) is 3. The van der Waals surface area contributed by atoms with Crippen molar-refractivity contribution in [3.05, 3.63) is 30.1 Å². The van der Waals surface area contributed by atoms with Crippen molar-refractivity contribution in [3.63, 3.8) is 0 Å². The minimum absolute atomic E-state index is 0.311. The average molecular weight is 458 g/mol. The Bertz CT molecular complexity index is 847. The molecule has 1 atom stereocenters. The summed E-state index contributed by atoms with van der Waals surface area (Å²) < 4.78 is 4.96. The van der Waals surface area contributed by atoms with Crippen LogP contribution in [0, 0.1) is 0 Å². The van der Waals surface area contributed by atoms with E-state index in [0.717, 1.165) is 44.6 Å². The summed E-state index contributed by atoms with van der Waals surface area (Å²) in [5, 5.41) is 9.63. The number of esters is 1. The molecule has 1 fully saturated rings. The molecule has 0 bridgehead atoms. The van der Waals surface area contributed by atoms with Crippen molar-refractivity contribution < 1.29 is 9.53 Å². The van der Waals surface area contributed by atoms with Crippen LogP contribution in [0.4, 0.5) is 17.8 Å². The van der Waals surface area contributed by atoms with Crippen LogP contribution in [0.15, 0.2) is 24.5 Å². The SMILES string of the molecule is COC(=O)[C@H](CCCCN)Nc1nc(NCCN2CCCC2)nc(NCc2cccnc2)n1. The van der Waals surface area contributed by atoms with E-state index in [-0.39, 0.29) is 5.97 Å². The van der Waals surface area contributed by atoms with E-state index in [1.807, 2.05) is 12.1 Å². The maximum absolute atomic E-state index is 12.3. The van der Waals surface area contributed by atoms with Gasteiger partial charge in [0.1, 0.15) is 6.04 Å². The zero-order valence-electron chi connectivity index (χ0n) is 19.3. The van der Waals surface area contributed by atoms with Crippen LogP contribution in [-0.4, -0.2) is 76.7 Å². The number of anilines is 3. The number of pyridine rings is 1. The highest BCUT2D eigenvalue weighted by Crippen LogP contribution is 2.14. The fourth-order valence-corrected chi connectivity index (χ4v) is 3.65. The number of carbonyl (C=O) groups is 1. The van der Waals surface area contributed by atoms with Gasteiger partial charge in [0.05, 0.1) is 7.11 Å². The fourth-order valence-electron chi connectivity index (χ4n) is 3.65. The number of rotatable bonds is 14. The lowest BCUT2D eigenvalue weighted by molar-refractivity contribution is -0.141. The van der Waals surface area contributed by atoms with Gasteiger partial charge in [-0.2, -0.15) is 15.0 Å². The maximum atomic E-state index is 12.3. The number of nitrogens with zero attached hydrogens (tertiary/aromatic N) is 5. The minimum Gasteiger partial charge on any atom is -0.467 e. The second-order valence-corrected chi connectivity index (χ2v) is 8.00. The van der Waals surface area contributed by atoms with Crippen molar-refractivity contribution in [2.45, 2.75) is 44.7 Å². The molecule has 0 radical (unpaired) electrons. The van der Waals surface area contributed by atoms with Crippen LogP contribution in [0.1, 0.15) is 37.7 Å². The molecule has 1 aliphatic heterocycles. The highest BCUT2D eigenvalue weighted by molar-refractivity contribution is 5.78. The summed E-state index contributed by atoms with van der Waals surface area (Å²) in [6, 6.07) is 3.29. The van der Waals surface area contributed by atoms with Crippen molar-refractivity contribution in [2.75, 3.05) is 55.8 Å². The monoisotopic (exact) mass is 457 g/mol. The van der Waals surface area contributed by atoms with Crippen molar-refractivity contribution >= 4 is 23.8 Å². The van der Waals surface area contributed by atoms with Crippen molar-refractivity contribution in [3.8, 4) is 0 Å². The van der Waals surface area contributed by atoms with Crippen molar-refractivity contribution in [1.82, 2.24) is 24.8 Å². The first-order valence-electron chi connectivity index (χ1n) is 11.6. The van der Waals surface area contributed by atoms with Crippen LogP contribution in [-0.2, 0) is 16.1 Å². The molecule has 0 aromatic carbocycles. The molecular weight excluding hydrogens is 422 g/mol. The van der Waals surface area contributed by atoms with Gasteiger partial charge in [0.2, 0.25) is 17.8 Å². The van der Waals surface area contributed by atoms with Gasteiger partial charge < -0.3 is 31.3 Å². The Morgan fingerprint density at radius 2 is 1.91 bits per heavy atom. The van der Waals surface area contributed by atoms with Crippen LogP contribution in [0.25, 0.3) is 0 Å². The smallest absolute Gasteiger partial charge is 0.328 e. The van der Waals surface area contributed by atoms with Crippen LogP contribution in [0.3, 0.4) is 0 Å². The predicted octanol–water partition coefficient (Wildman–Crippen LogP) is 1.47. The molecule has 1 saturated heterocycles. The van der Waals surface area contributed by atoms with E-state index < -0.39 is 6.04 Å². The molecule has 11 heteroatoms. The highest BCUT2D eigenvalue weighted by atomic mass is 16.5. The van der Waals surface area contributed by atoms with Gasteiger partial charge in [-0.25, -0.2) is 4.79 Å². The number of nitrogens with two attached hydrogens (primary N) is 1. The Morgan fingerprint density at radius 3 is 2.61 bits per heavy atom. The molecule has 0 amide bonds. The third kappa shape index (κ3) is 8.43. The summed E-state index contributed by atoms with van der Waals surface area (Å²) in [5.41, 5.74) is 6.60. The molecule has 3 heterocycles. The van der Waals surface area contributed by atoms with Gasteiger partial charge in [-0.3, -0.25) is 4.98 Å². The molecule has 0 spiro atoms. The van der Waals surface area contributed by atoms with E-state index in [1.54, 1.807) is 12.4 Å². The molecule has 3 rings (SSSR count). The zero-order valence-corrected chi connectivity index (χ0v) is 19.3. The lowest BCUT2D eigenvalue weighted by Crippen LogP contribution is -2.32. The number of unbranched alkanes of at least 4 members (excludes halogenated alkanes) is 1. The predicted molar refractivity (Wildman–Crippen MR) is 128 cm³/mol. The standard InChI is InChI=1S/C22H35N9O2/c1-33-19(32)18(8-2-3-9-23)27-22-29-20(25-11-14-31-12-4-5-13-31)28-21(30-22)26-16-17-7-6-10-24-15-17/h6-7,10,15,18H,2-5,8-9,11-14,16,23H2,1H3,(H3,25,26,27,28,29,30)/t18-/m0/s1. The maximum Gasteiger partial charge on any atom is 0.328 e. The zero-order chi connectivity index (χ0) is 23.3. The molecule has 2 aromatic heterocycles. The summed E-state index contributed by atoms with van der Waals surface area (Å²) in [5.74, 6) is 0.808. The summed E-state index contributed by atoms with van der Waals surface area (Å²) in [4.78, 5) is 32.3. The molecule has 11 nitrogen and oxygen atoms in total. The Labute approximate surface area is 194 Å². The van der Waals surface area contributed by atoms with Gasteiger partial charge >= 0.3 is 5.97 Å². The van der Waals surface area contributed by atoms with Gasteiger partial charge in [-0.15, -0.1) is 0 Å². The van der Waals surface area contributed by atoms with Crippen LogP contribution in [0.2, 0.25) is 0 Å². The van der Waals surface area contributed by atoms with Gasteiger partial charge in [-0.05, 0) is 63.4 Å². The quantitative estimate of drug-likeness (QED) is 0.242. The van der Waals surface area contributed by atoms with Gasteiger partial charge in [0, 0.05) is 32.0 Å². The number of methoxy groups -OCH3 is 1. The lowest BCUT2D eigenvalue weighted by atomic mass is 10.1. The minimum atomic E-state index is -0.562. The number of likely N-dealkylation sites (tertiary alicyclic amines) is 1. The van der Waals surface area contributed by atoms with Crippen molar-refractivity contribution in [1.29, 1.82) is 0 Å². The van der Waals surface area contributed by atoms with E-state index in [1.165, 1.54) is 20.0 Å².